The molecule has 8 nitrogen and oxygen atoms in total. The molecule has 160 valence electrons. The second kappa shape index (κ2) is 10.2. The van der Waals surface area contributed by atoms with Crippen LogP contribution >= 0.6 is 11.3 Å². The van der Waals surface area contributed by atoms with Gasteiger partial charge in [-0.2, -0.15) is 8.42 Å². The first-order chi connectivity index (χ1) is 12.8. The number of hydrogen-bond acceptors (Lipinski definition) is 8. The van der Waals surface area contributed by atoms with Crippen LogP contribution < -0.4 is 5.32 Å². The van der Waals surface area contributed by atoms with E-state index in [-0.39, 0.29) is 12.5 Å². The molecule has 1 amide bonds. The molecule has 1 N–H and O–H groups in total. The Morgan fingerprint density at radius 2 is 1.93 bits per heavy atom. The molecule has 0 aliphatic carbocycles. The van der Waals surface area contributed by atoms with E-state index in [1.54, 1.807) is 33.8 Å². The number of carbonyl (C=O) groups excluding carboxylic acids is 2. The minimum atomic E-state index is -3.70. The van der Waals surface area contributed by atoms with E-state index in [0.29, 0.717) is 24.3 Å². The zero-order chi connectivity index (χ0) is 21.5. The summed E-state index contributed by atoms with van der Waals surface area (Å²) in [6.07, 6.45) is 0.392. The number of aryl methyl sites for hydroxylation is 2. The lowest BCUT2D eigenvalue weighted by molar-refractivity contribution is 0.0497. The molecular formula is C18H29NO7S2. The number of esters is 1. The maximum atomic E-state index is 11.9. The molecule has 0 aromatic carbocycles. The highest BCUT2D eigenvalue weighted by molar-refractivity contribution is 7.86. The van der Waals surface area contributed by atoms with Gasteiger partial charge >= 0.3 is 12.1 Å². The Balaban J connectivity index is 2.74. The lowest BCUT2D eigenvalue weighted by atomic mass is 10.1. The van der Waals surface area contributed by atoms with Crippen LogP contribution in [-0.4, -0.2) is 51.6 Å². The van der Waals surface area contributed by atoms with Crippen LogP contribution in [0.2, 0.25) is 0 Å². The molecule has 1 rings (SSSR count). The third-order valence-electron chi connectivity index (χ3n) is 3.37. The van der Waals surface area contributed by atoms with Crippen molar-refractivity contribution in [3.05, 3.63) is 21.4 Å². The van der Waals surface area contributed by atoms with Crippen LogP contribution in [0, 0.1) is 6.92 Å². The Morgan fingerprint density at radius 3 is 2.46 bits per heavy atom. The first-order valence-corrected chi connectivity index (χ1v) is 11.6. The molecule has 0 spiro atoms. The van der Waals surface area contributed by atoms with E-state index in [1.807, 2.05) is 6.92 Å². The fraction of sp³-hybridized carbons (Fsp3) is 0.667. The SMILES string of the molecule is CCOC(=O)c1cc(C)c(CC[C@H](CNC(=O)OC(C)(C)C)OS(C)(=O)=O)s1. The number of thiophene rings is 1. The van der Waals surface area contributed by atoms with E-state index >= 15 is 0 Å². The van der Waals surface area contributed by atoms with Crippen LogP contribution in [0.5, 0.6) is 0 Å². The Labute approximate surface area is 170 Å². The van der Waals surface area contributed by atoms with Crippen molar-refractivity contribution in [3.63, 3.8) is 0 Å². The van der Waals surface area contributed by atoms with E-state index < -0.39 is 27.9 Å². The van der Waals surface area contributed by atoms with Crippen molar-refractivity contribution >= 4 is 33.5 Å². The largest absolute Gasteiger partial charge is 0.462 e. The van der Waals surface area contributed by atoms with Crippen LogP contribution in [0.25, 0.3) is 0 Å². The van der Waals surface area contributed by atoms with Crippen LogP contribution in [0.15, 0.2) is 6.07 Å². The van der Waals surface area contributed by atoms with Gasteiger partial charge in [-0.1, -0.05) is 0 Å². The molecule has 1 aromatic heterocycles. The summed E-state index contributed by atoms with van der Waals surface area (Å²) >= 11 is 1.31. The molecule has 1 atom stereocenters. The summed E-state index contributed by atoms with van der Waals surface area (Å²) in [5.41, 5.74) is 0.265. The summed E-state index contributed by atoms with van der Waals surface area (Å²) in [6.45, 7) is 9.10. The molecule has 0 aliphatic heterocycles. The number of amides is 1. The number of nitrogens with one attached hydrogen (secondary N) is 1. The van der Waals surface area contributed by atoms with E-state index in [9.17, 15) is 18.0 Å². The third kappa shape index (κ3) is 9.52. The summed E-state index contributed by atoms with van der Waals surface area (Å²) in [5.74, 6) is -0.377. The van der Waals surface area contributed by atoms with Gasteiger partial charge in [-0.3, -0.25) is 4.18 Å². The zero-order valence-corrected chi connectivity index (χ0v) is 18.8. The minimum Gasteiger partial charge on any atom is -0.462 e. The molecule has 0 aliphatic rings. The molecule has 0 saturated carbocycles. The van der Waals surface area contributed by atoms with E-state index in [0.717, 1.165) is 16.7 Å². The summed E-state index contributed by atoms with van der Waals surface area (Å²) in [4.78, 5) is 25.1. The van der Waals surface area contributed by atoms with E-state index in [2.05, 4.69) is 5.32 Å². The minimum absolute atomic E-state index is 0.0167. The highest BCUT2D eigenvalue weighted by Crippen LogP contribution is 2.25. The molecule has 1 aromatic rings. The number of alkyl carbamates (subject to hydrolysis) is 1. The predicted molar refractivity (Wildman–Crippen MR) is 107 cm³/mol. The number of hydrogen-bond donors (Lipinski definition) is 1. The van der Waals surface area contributed by atoms with Crippen molar-refractivity contribution in [2.24, 2.45) is 0 Å². The highest BCUT2D eigenvalue weighted by Gasteiger charge is 2.21. The third-order valence-corrected chi connectivity index (χ3v) is 5.27. The Hall–Kier alpha value is -1.65. The fourth-order valence-corrected chi connectivity index (χ4v) is 4.05. The van der Waals surface area contributed by atoms with Crippen molar-refractivity contribution in [2.45, 2.75) is 59.2 Å². The zero-order valence-electron chi connectivity index (χ0n) is 17.2. The Bertz CT molecular complexity index is 778. The van der Waals surface area contributed by atoms with E-state index in [4.69, 9.17) is 13.7 Å². The average Bonchev–Trinajstić information content (AvgIpc) is 2.88. The number of rotatable bonds is 9. The lowest BCUT2D eigenvalue weighted by Crippen LogP contribution is -2.38. The molecule has 10 heteroatoms. The number of ether oxygens (including phenoxy) is 2. The van der Waals surface area contributed by atoms with Crippen LogP contribution in [-0.2, 0) is 30.2 Å². The smallest absolute Gasteiger partial charge is 0.407 e. The first kappa shape index (κ1) is 24.4. The second-order valence-electron chi connectivity index (χ2n) is 7.28. The second-order valence-corrected chi connectivity index (χ2v) is 10.0. The molecule has 0 unspecified atom stereocenters. The average molecular weight is 436 g/mol. The Morgan fingerprint density at radius 1 is 1.29 bits per heavy atom. The quantitative estimate of drug-likeness (QED) is 0.469. The maximum absolute atomic E-state index is 11.9. The van der Waals surface area contributed by atoms with Crippen molar-refractivity contribution in [1.29, 1.82) is 0 Å². The van der Waals surface area contributed by atoms with Crippen molar-refractivity contribution < 1.29 is 31.7 Å². The molecule has 28 heavy (non-hydrogen) atoms. The standard InChI is InChI=1S/C18H29NO7S2/c1-7-24-16(20)15-10-12(2)14(27-15)9-8-13(26-28(6,22)23)11-19-17(21)25-18(3,4)5/h10,13H,7-9,11H2,1-6H3,(H,19,21)/t13-/m1/s1. The molecule has 0 saturated heterocycles. The van der Waals surface area contributed by atoms with E-state index in [1.165, 1.54) is 11.3 Å². The van der Waals surface area contributed by atoms with Gasteiger partial charge in [0.05, 0.1) is 19.0 Å². The van der Waals surface area contributed by atoms with Crippen molar-refractivity contribution in [2.75, 3.05) is 19.4 Å². The predicted octanol–water partition coefficient (Wildman–Crippen LogP) is 3.04. The van der Waals surface area contributed by atoms with Gasteiger partial charge in [0.2, 0.25) is 0 Å². The van der Waals surface area contributed by atoms with Gasteiger partial charge in [-0.25, -0.2) is 9.59 Å². The first-order valence-electron chi connectivity index (χ1n) is 8.92. The topological polar surface area (TPSA) is 108 Å². The van der Waals surface area contributed by atoms with Gasteiger partial charge in [0.1, 0.15) is 10.5 Å². The van der Waals surface area contributed by atoms with Gasteiger partial charge in [0.25, 0.3) is 10.1 Å². The van der Waals surface area contributed by atoms with Crippen LogP contribution in [0.1, 0.15) is 54.2 Å². The molecule has 1 heterocycles. The molecule has 0 radical (unpaired) electrons. The molecule has 0 fully saturated rings. The van der Waals surface area contributed by atoms with Gasteiger partial charge in [-0.05, 0) is 59.1 Å². The molecular weight excluding hydrogens is 406 g/mol. The van der Waals surface area contributed by atoms with Crippen molar-refractivity contribution in [1.82, 2.24) is 5.32 Å². The summed E-state index contributed by atoms with van der Waals surface area (Å²) < 4.78 is 38.3. The molecule has 0 bridgehead atoms. The normalized spacial score (nSPS) is 13.1. The van der Waals surface area contributed by atoms with Gasteiger partial charge in [0.15, 0.2) is 0 Å². The Kier molecular flexibility index (Phi) is 8.90. The van der Waals surface area contributed by atoms with Gasteiger partial charge in [-0.15, -0.1) is 11.3 Å². The number of carbonyl (C=O) groups is 2. The van der Waals surface area contributed by atoms with Gasteiger partial charge < -0.3 is 14.8 Å². The maximum Gasteiger partial charge on any atom is 0.407 e. The van der Waals surface area contributed by atoms with Crippen LogP contribution in [0.3, 0.4) is 0 Å². The summed E-state index contributed by atoms with van der Waals surface area (Å²) in [7, 11) is -3.70. The summed E-state index contributed by atoms with van der Waals surface area (Å²) in [5, 5.41) is 2.53. The van der Waals surface area contributed by atoms with Crippen LogP contribution in [0.4, 0.5) is 4.79 Å². The van der Waals surface area contributed by atoms with Gasteiger partial charge in [0, 0.05) is 11.4 Å². The highest BCUT2D eigenvalue weighted by atomic mass is 32.2. The summed E-state index contributed by atoms with van der Waals surface area (Å²) in [6, 6.07) is 1.75. The monoisotopic (exact) mass is 435 g/mol. The van der Waals surface area contributed by atoms with Crippen molar-refractivity contribution in [3.8, 4) is 0 Å². The lowest BCUT2D eigenvalue weighted by Gasteiger charge is -2.21. The fourth-order valence-electron chi connectivity index (χ4n) is 2.31.